The summed E-state index contributed by atoms with van der Waals surface area (Å²) >= 11 is 5.99. The van der Waals surface area contributed by atoms with Crippen molar-refractivity contribution in [3.05, 3.63) is 47.0 Å². The van der Waals surface area contributed by atoms with E-state index in [0.29, 0.717) is 6.61 Å². The second-order valence-electron chi connectivity index (χ2n) is 2.70. The first-order valence-electron chi connectivity index (χ1n) is 3.90. The molecule has 0 radical (unpaired) electrons. The van der Waals surface area contributed by atoms with Gasteiger partial charge in [0.05, 0.1) is 6.61 Å². The summed E-state index contributed by atoms with van der Waals surface area (Å²) in [4.78, 5) is 0. The summed E-state index contributed by atoms with van der Waals surface area (Å²) in [5.74, 6) is 0. The van der Waals surface area contributed by atoms with Crippen LogP contribution in [0.25, 0.3) is 0 Å². The van der Waals surface area contributed by atoms with E-state index in [0.717, 1.165) is 10.6 Å². The van der Waals surface area contributed by atoms with Crippen LogP contribution >= 0.6 is 11.6 Å². The van der Waals surface area contributed by atoms with E-state index >= 15 is 0 Å². The molecule has 0 saturated carbocycles. The van der Waals surface area contributed by atoms with E-state index in [1.165, 1.54) is 0 Å². The molecule has 1 aromatic carbocycles. The molecular formula is C10H9ClO. The number of hydrogen-bond donors (Lipinski definition) is 0. The van der Waals surface area contributed by atoms with Crippen molar-refractivity contribution >= 4 is 11.6 Å². The van der Waals surface area contributed by atoms with Crippen LogP contribution < -0.4 is 0 Å². The smallest absolute Gasteiger partial charge is 0.103 e. The Balaban J connectivity index is 2.33. The predicted octanol–water partition coefficient (Wildman–Crippen LogP) is 2.97. The summed E-state index contributed by atoms with van der Waals surface area (Å²) in [6, 6.07) is 7.76. The van der Waals surface area contributed by atoms with Gasteiger partial charge in [-0.25, -0.2) is 0 Å². The van der Waals surface area contributed by atoms with Crippen molar-refractivity contribution in [2.75, 3.05) is 6.61 Å². The van der Waals surface area contributed by atoms with Crippen LogP contribution in [0, 0.1) is 0 Å². The van der Waals surface area contributed by atoms with Gasteiger partial charge in [-0.15, -0.1) is 0 Å². The summed E-state index contributed by atoms with van der Waals surface area (Å²) in [6.45, 7) is 0.690. The number of hydrogen-bond acceptors (Lipinski definition) is 1. The zero-order valence-corrected chi connectivity index (χ0v) is 7.29. The number of ether oxygens (including phenoxy) is 1. The zero-order valence-electron chi connectivity index (χ0n) is 6.53. The van der Waals surface area contributed by atoms with Gasteiger partial charge in [0.25, 0.3) is 0 Å². The Morgan fingerprint density at radius 2 is 2.17 bits per heavy atom. The van der Waals surface area contributed by atoms with Gasteiger partial charge in [-0.2, -0.15) is 0 Å². The Morgan fingerprint density at radius 1 is 1.33 bits per heavy atom. The molecule has 1 atom stereocenters. The molecule has 1 aliphatic heterocycles. The fraction of sp³-hybridized carbons (Fsp3) is 0.200. The summed E-state index contributed by atoms with van der Waals surface area (Å²) in [6.07, 6.45) is 4.09. The molecule has 0 N–H and O–H groups in total. The first-order valence-corrected chi connectivity index (χ1v) is 4.28. The van der Waals surface area contributed by atoms with E-state index in [2.05, 4.69) is 0 Å². The van der Waals surface area contributed by atoms with Crippen molar-refractivity contribution in [3.8, 4) is 0 Å². The molecule has 0 aromatic heterocycles. The maximum atomic E-state index is 5.99. The molecule has 2 heteroatoms. The Kier molecular flexibility index (Phi) is 2.15. The van der Waals surface area contributed by atoms with Crippen LogP contribution in [0.5, 0.6) is 0 Å². The van der Waals surface area contributed by atoms with E-state index in [1.54, 1.807) is 0 Å². The Bertz CT molecular complexity index is 306. The van der Waals surface area contributed by atoms with E-state index in [1.807, 2.05) is 36.4 Å². The second-order valence-corrected chi connectivity index (χ2v) is 3.11. The third-order valence-electron chi connectivity index (χ3n) is 1.89. The molecule has 12 heavy (non-hydrogen) atoms. The van der Waals surface area contributed by atoms with Gasteiger partial charge in [0.1, 0.15) is 6.10 Å². The molecule has 0 aliphatic carbocycles. The van der Waals surface area contributed by atoms with Crippen molar-refractivity contribution in [3.63, 3.8) is 0 Å². The van der Waals surface area contributed by atoms with Crippen LogP contribution in [0.3, 0.4) is 0 Å². The highest BCUT2D eigenvalue weighted by atomic mass is 35.5. The minimum Gasteiger partial charge on any atom is -0.365 e. The largest absolute Gasteiger partial charge is 0.365 e. The highest BCUT2D eigenvalue weighted by molar-refractivity contribution is 6.31. The van der Waals surface area contributed by atoms with Crippen LogP contribution in [0.15, 0.2) is 36.4 Å². The second kappa shape index (κ2) is 3.30. The van der Waals surface area contributed by atoms with Gasteiger partial charge < -0.3 is 4.74 Å². The van der Waals surface area contributed by atoms with Gasteiger partial charge in [0.15, 0.2) is 0 Å². The lowest BCUT2D eigenvalue weighted by Crippen LogP contribution is -1.95. The van der Waals surface area contributed by atoms with Crippen LogP contribution in [-0.4, -0.2) is 6.61 Å². The van der Waals surface area contributed by atoms with Crippen molar-refractivity contribution in [2.45, 2.75) is 6.10 Å². The monoisotopic (exact) mass is 180 g/mol. The molecular weight excluding hydrogens is 172 g/mol. The number of rotatable bonds is 1. The van der Waals surface area contributed by atoms with E-state index in [-0.39, 0.29) is 6.10 Å². The van der Waals surface area contributed by atoms with E-state index < -0.39 is 0 Å². The molecule has 0 bridgehead atoms. The number of halogens is 1. The Morgan fingerprint density at radius 3 is 2.83 bits per heavy atom. The summed E-state index contributed by atoms with van der Waals surface area (Å²) in [5, 5.41) is 0.772. The molecule has 0 fully saturated rings. The maximum absolute atomic E-state index is 5.99. The van der Waals surface area contributed by atoms with Gasteiger partial charge in [0, 0.05) is 10.6 Å². The lowest BCUT2D eigenvalue weighted by Gasteiger charge is -2.09. The topological polar surface area (TPSA) is 9.23 Å². The average Bonchev–Trinajstić information content (AvgIpc) is 2.57. The van der Waals surface area contributed by atoms with E-state index in [9.17, 15) is 0 Å². The summed E-state index contributed by atoms with van der Waals surface area (Å²) < 4.78 is 5.42. The van der Waals surface area contributed by atoms with Crippen LogP contribution in [0.1, 0.15) is 11.7 Å². The lowest BCUT2D eigenvalue weighted by molar-refractivity contribution is 0.129. The highest BCUT2D eigenvalue weighted by Crippen LogP contribution is 2.28. The van der Waals surface area contributed by atoms with Crippen LogP contribution in [-0.2, 0) is 4.74 Å². The SMILES string of the molecule is Clc1ccccc1[C@@H]1C=CCO1. The number of benzene rings is 1. The fourth-order valence-electron chi connectivity index (χ4n) is 1.29. The van der Waals surface area contributed by atoms with Gasteiger partial charge in [0.2, 0.25) is 0 Å². The Hall–Kier alpha value is -0.790. The molecule has 0 spiro atoms. The normalized spacial score (nSPS) is 21.6. The van der Waals surface area contributed by atoms with Gasteiger partial charge in [-0.05, 0) is 6.07 Å². The molecule has 1 nitrogen and oxygen atoms in total. The first-order chi connectivity index (χ1) is 5.88. The third kappa shape index (κ3) is 1.38. The molecule has 0 saturated heterocycles. The molecule has 1 heterocycles. The minimum atomic E-state index is 0.0544. The van der Waals surface area contributed by atoms with Crippen molar-refractivity contribution in [2.24, 2.45) is 0 Å². The van der Waals surface area contributed by atoms with E-state index in [4.69, 9.17) is 16.3 Å². The molecule has 0 unspecified atom stereocenters. The standard InChI is InChI=1S/C10H9ClO/c11-9-5-2-1-4-8(9)10-6-3-7-12-10/h1-6,10H,7H2/t10-/m0/s1. The fourth-order valence-corrected chi connectivity index (χ4v) is 1.54. The van der Waals surface area contributed by atoms with Crippen molar-refractivity contribution in [1.29, 1.82) is 0 Å². The first kappa shape index (κ1) is 7.84. The van der Waals surface area contributed by atoms with Gasteiger partial charge >= 0.3 is 0 Å². The molecule has 2 rings (SSSR count). The lowest BCUT2D eigenvalue weighted by atomic mass is 10.1. The third-order valence-corrected chi connectivity index (χ3v) is 2.24. The highest BCUT2D eigenvalue weighted by Gasteiger charge is 2.14. The minimum absolute atomic E-state index is 0.0544. The summed E-state index contributed by atoms with van der Waals surface area (Å²) in [7, 11) is 0. The van der Waals surface area contributed by atoms with Gasteiger partial charge in [-0.3, -0.25) is 0 Å². The van der Waals surface area contributed by atoms with Crippen molar-refractivity contribution in [1.82, 2.24) is 0 Å². The van der Waals surface area contributed by atoms with Crippen LogP contribution in [0.4, 0.5) is 0 Å². The molecule has 0 amide bonds. The quantitative estimate of drug-likeness (QED) is 0.604. The van der Waals surface area contributed by atoms with Crippen LogP contribution in [0.2, 0.25) is 5.02 Å². The zero-order chi connectivity index (χ0) is 8.39. The molecule has 1 aromatic rings. The summed E-state index contributed by atoms with van der Waals surface area (Å²) in [5.41, 5.74) is 1.05. The molecule has 62 valence electrons. The Labute approximate surface area is 76.6 Å². The van der Waals surface area contributed by atoms with Gasteiger partial charge in [-0.1, -0.05) is 42.0 Å². The average molecular weight is 181 g/mol. The maximum Gasteiger partial charge on any atom is 0.103 e. The van der Waals surface area contributed by atoms with Crippen molar-refractivity contribution < 1.29 is 4.74 Å². The molecule has 1 aliphatic rings. The predicted molar refractivity (Wildman–Crippen MR) is 49.3 cm³/mol.